The zero-order valence-corrected chi connectivity index (χ0v) is 17.8. The van der Waals surface area contributed by atoms with Crippen LogP contribution in [-0.2, 0) is 0 Å². The first kappa shape index (κ1) is 23.4. The van der Waals surface area contributed by atoms with Crippen LogP contribution < -0.4 is 20.1 Å². The van der Waals surface area contributed by atoms with Crippen LogP contribution in [0.3, 0.4) is 0 Å². The molecular weight excluding hydrogens is 410 g/mol. The van der Waals surface area contributed by atoms with Crippen LogP contribution in [0.2, 0.25) is 0 Å². The Morgan fingerprint density at radius 3 is 2.40 bits per heavy atom. The highest BCUT2D eigenvalue weighted by molar-refractivity contribution is 5.97. The summed E-state index contributed by atoms with van der Waals surface area (Å²) in [4.78, 5) is 23.5. The number of methoxy groups -OCH3 is 1. The summed E-state index contributed by atoms with van der Waals surface area (Å²) in [6, 6.07) is 10.9. The number of non-ortho nitro benzene ring substituents is 1. The second kappa shape index (κ2) is 10.3. The maximum absolute atomic E-state index is 12.9. The summed E-state index contributed by atoms with van der Waals surface area (Å²) < 4.78 is 11.0. The van der Waals surface area contributed by atoms with Gasteiger partial charge in [0.15, 0.2) is 0 Å². The average molecular weight is 436 g/mol. The second-order valence-electron chi connectivity index (χ2n) is 7.46. The minimum absolute atomic E-state index is 0. The molecule has 1 heterocycles. The van der Waals surface area contributed by atoms with E-state index in [9.17, 15) is 14.9 Å². The second-order valence-corrected chi connectivity index (χ2v) is 7.46. The van der Waals surface area contributed by atoms with E-state index >= 15 is 0 Å². The summed E-state index contributed by atoms with van der Waals surface area (Å²) in [6.45, 7) is 4.46. The molecule has 162 valence electrons. The maximum atomic E-state index is 12.9. The van der Waals surface area contributed by atoms with Crippen molar-refractivity contribution >= 4 is 24.0 Å². The third-order valence-corrected chi connectivity index (χ3v) is 5.19. The Balaban J connectivity index is 0.00000320. The fourth-order valence-electron chi connectivity index (χ4n) is 3.26. The largest absolute Gasteiger partial charge is 0.497 e. The van der Waals surface area contributed by atoms with Crippen molar-refractivity contribution in [2.75, 3.05) is 26.7 Å². The molecule has 8 nitrogen and oxygen atoms in total. The molecule has 0 aliphatic carbocycles. The number of nitrogens with one attached hydrogen (secondary N) is 2. The Hall–Kier alpha value is -2.84. The molecule has 0 radical (unpaired) electrons. The van der Waals surface area contributed by atoms with Crippen molar-refractivity contribution in [2.45, 2.75) is 19.8 Å². The van der Waals surface area contributed by atoms with Crippen molar-refractivity contribution in [3.63, 3.8) is 0 Å². The molecule has 0 spiro atoms. The molecular formula is C21H26ClN3O5. The van der Waals surface area contributed by atoms with E-state index in [-0.39, 0.29) is 34.8 Å². The quantitative estimate of drug-likeness (QED) is 0.504. The Kier molecular flexibility index (Phi) is 8.02. The number of halogens is 1. The fraction of sp³-hybridized carbons (Fsp3) is 0.381. The number of ether oxygens (including phenoxy) is 2. The number of hydrogen-bond donors (Lipinski definition) is 2. The van der Waals surface area contributed by atoms with Gasteiger partial charge < -0.3 is 20.1 Å². The molecule has 0 unspecified atom stereocenters. The molecule has 1 aliphatic rings. The van der Waals surface area contributed by atoms with Gasteiger partial charge >= 0.3 is 0 Å². The molecule has 2 aromatic rings. The van der Waals surface area contributed by atoms with Crippen LogP contribution in [0.5, 0.6) is 17.2 Å². The van der Waals surface area contributed by atoms with Crippen molar-refractivity contribution < 1.29 is 19.2 Å². The molecule has 0 bridgehead atoms. The predicted octanol–water partition coefficient (Wildman–Crippen LogP) is 3.94. The molecule has 0 atom stereocenters. The lowest BCUT2D eigenvalue weighted by atomic mass is 9.81. The molecule has 0 saturated carbocycles. The van der Waals surface area contributed by atoms with E-state index in [2.05, 4.69) is 17.6 Å². The maximum Gasteiger partial charge on any atom is 0.270 e. The molecule has 1 aliphatic heterocycles. The zero-order valence-electron chi connectivity index (χ0n) is 17.0. The predicted molar refractivity (Wildman–Crippen MR) is 116 cm³/mol. The highest BCUT2D eigenvalue weighted by atomic mass is 35.5. The molecule has 3 rings (SSSR count). The summed E-state index contributed by atoms with van der Waals surface area (Å²) in [5, 5.41) is 17.4. The first-order chi connectivity index (χ1) is 13.9. The van der Waals surface area contributed by atoms with Crippen LogP contribution in [0.4, 0.5) is 5.69 Å². The first-order valence-electron chi connectivity index (χ1n) is 9.49. The fourth-order valence-corrected chi connectivity index (χ4v) is 3.26. The van der Waals surface area contributed by atoms with Gasteiger partial charge in [0.1, 0.15) is 17.2 Å². The number of carbonyl (C=O) groups excluding carboxylic acids is 1. The highest BCUT2D eigenvalue weighted by Gasteiger charge is 2.28. The van der Waals surface area contributed by atoms with Gasteiger partial charge in [-0.15, -0.1) is 12.4 Å². The van der Waals surface area contributed by atoms with Gasteiger partial charge in [-0.25, -0.2) is 0 Å². The number of nitrogens with zero attached hydrogens (tertiary/aromatic N) is 1. The van der Waals surface area contributed by atoms with E-state index in [0.29, 0.717) is 18.0 Å². The number of amides is 1. The SMILES string of the molecule is COc1ccc(Oc2ccc([N+](=O)[O-])cc2C(=O)NCC2(C)CCNCC2)cc1.Cl. The summed E-state index contributed by atoms with van der Waals surface area (Å²) >= 11 is 0. The number of nitro benzene ring substituents is 1. The number of piperidine rings is 1. The topological polar surface area (TPSA) is 103 Å². The van der Waals surface area contributed by atoms with Crippen LogP contribution >= 0.6 is 12.4 Å². The van der Waals surface area contributed by atoms with Gasteiger partial charge in [0.05, 0.1) is 17.6 Å². The highest BCUT2D eigenvalue weighted by Crippen LogP contribution is 2.31. The Bertz CT molecular complexity index is 883. The van der Waals surface area contributed by atoms with E-state index in [0.717, 1.165) is 25.9 Å². The van der Waals surface area contributed by atoms with Crippen molar-refractivity contribution in [3.05, 3.63) is 58.1 Å². The minimum Gasteiger partial charge on any atom is -0.497 e. The Morgan fingerprint density at radius 2 is 1.80 bits per heavy atom. The minimum atomic E-state index is -0.526. The molecule has 1 saturated heterocycles. The molecule has 1 fully saturated rings. The van der Waals surface area contributed by atoms with Crippen LogP contribution in [0.25, 0.3) is 0 Å². The third-order valence-electron chi connectivity index (χ3n) is 5.19. The lowest BCUT2D eigenvalue weighted by Crippen LogP contribution is -2.42. The van der Waals surface area contributed by atoms with Crippen LogP contribution in [0.15, 0.2) is 42.5 Å². The number of rotatable bonds is 7. The van der Waals surface area contributed by atoms with Gasteiger partial charge in [0.25, 0.3) is 11.6 Å². The van der Waals surface area contributed by atoms with Gasteiger partial charge in [0.2, 0.25) is 0 Å². The number of nitro groups is 1. The van der Waals surface area contributed by atoms with Gasteiger partial charge in [-0.2, -0.15) is 0 Å². The van der Waals surface area contributed by atoms with E-state index in [1.165, 1.54) is 18.2 Å². The lowest BCUT2D eigenvalue weighted by Gasteiger charge is -2.34. The number of benzene rings is 2. The van der Waals surface area contributed by atoms with E-state index in [1.54, 1.807) is 31.4 Å². The normalized spacial score (nSPS) is 14.9. The summed E-state index contributed by atoms with van der Waals surface area (Å²) in [7, 11) is 1.57. The van der Waals surface area contributed by atoms with E-state index in [4.69, 9.17) is 9.47 Å². The first-order valence-corrected chi connectivity index (χ1v) is 9.49. The standard InChI is InChI=1S/C21H25N3O5.ClH/c1-21(9-11-22-12-10-21)14-23-20(25)18-13-15(24(26)27)3-8-19(18)29-17-6-4-16(28-2)5-7-17;/h3-8,13,22H,9-12,14H2,1-2H3,(H,23,25);1H. The molecule has 0 aromatic heterocycles. The third kappa shape index (κ3) is 5.84. The number of carbonyl (C=O) groups is 1. The van der Waals surface area contributed by atoms with Crippen molar-refractivity contribution in [1.29, 1.82) is 0 Å². The van der Waals surface area contributed by atoms with Gasteiger partial charge in [0, 0.05) is 18.7 Å². The van der Waals surface area contributed by atoms with Crippen molar-refractivity contribution in [3.8, 4) is 17.2 Å². The molecule has 9 heteroatoms. The van der Waals surface area contributed by atoms with Crippen molar-refractivity contribution in [2.24, 2.45) is 5.41 Å². The molecule has 1 amide bonds. The molecule has 2 N–H and O–H groups in total. The summed E-state index contributed by atoms with van der Waals surface area (Å²) in [6.07, 6.45) is 1.91. The number of hydrogen-bond acceptors (Lipinski definition) is 6. The van der Waals surface area contributed by atoms with Crippen LogP contribution in [0.1, 0.15) is 30.1 Å². The smallest absolute Gasteiger partial charge is 0.270 e. The van der Waals surface area contributed by atoms with E-state index in [1.807, 2.05) is 0 Å². The Labute approximate surface area is 181 Å². The Morgan fingerprint density at radius 1 is 1.17 bits per heavy atom. The van der Waals surface area contributed by atoms with Gasteiger partial charge in [-0.05, 0) is 61.7 Å². The van der Waals surface area contributed by atoms with E-state index < -0.39 is 10.8 Å². The lowest BCUT2D eigenvalue weighted by molar-refractivity contribution is -0.384. The van der Waals surface area contributed by atoms with Crippen molar-refractivity contribution in [1.82, 2.24) is 10.6 Å². The summed E-state index contributed by atoms with van der Waals surface area (Å²) in [5.41, 5.74) is -0.0311. The molecule has 2 aromatic carbocycles. The van der Waals surface area contributed by atoms with Gasteiger partial charge in [-0.3, -0.25) is 14.9 Å². The van der Waals surface area contributed by atoms with Gasteiger partial charge in [-0.1, -0.05) is 6.92 Å². The van der Waals surface area contributed by atoms with Crippen LogP contribution in [0, 0.1) is 15.5 Å². The monoisotopic (exact) mass is 435 g/mol. The van der Waals surface area contributed by atoms with Crippen LogP contribution in [-0.4, -0.2) is 37.6 Å². The summed E-state index contributed by atoms with van der Waals surface area (Å²) in [5.74, 6) is 1.04. The molecule has 30 heavy (non-hydrogen) atoms. The zero-order chi connectivity index (χ0) is 20.9. The average Bonchev–Trinajstić information content (AvgIpc) is 2.73.